The van der Waals surface area contributed by atoms with Crippen LogP contribution in [-0.2, 0) is 27.5 Å². The summed E-state index contributed by atoms with van der Waals surface area (Å²) >= 11 is 3.36. The van der Waals surface area contributed by atoms with Crippen LogP contribution in [0.2, 0.25) is 0 Å². The van der Waals surface area contributed by atoms with Crippen LogP contribution >= 0.6 is 23.5 Å². The minimum Gasteiger partial charge on any atom is -0.334 e. The summed E-state index contributed by atoms with van der Waals surface area (Å²) in [6.07, 6.45) is 0.331. The fraction of sp³-hybridized carbons (Fsp3) is 0.355. The fourth-order valence-corrected chi connectivity index (χ4v) is 6.90. The maximum atomic E-state index is 15.3. The van der Waals surface area contributed by atoms with Crippen LogP contribution in [0.1, 0.15) is 81.1 Å². The first kappa shape index (κ1) is 31.2. The van der Waals surface area contributed by atoms with E-state index in [2.05, 4.69) is 21.1 Å². The van der Waals surface area contributed by atoms with Crippen LogP contribution in [0.3, 0.4) is 0 Å². The molecule has 0 saturated carbocycles. The number of rotatable bonds is 7. The maximum Gasteiger partial charge on any atom is 0.399 e. The summed E-state index contributed by atoms with van der Waals surface area (Å²) in [4.78, 5) is 24.0. The van der Waals surface area contributed by atoms with Crippen LogP contribution in [0.5, 0.6) is 0 Å². The summed E-state index contributed by atoms with van der Waals surface area (Å²) in [5.74, 6) is 0.404. The largest absolute Gasteiger partial charge is 0.399 e. The standard InChI is InChI=1S/C31H34BrF2N2O4P/c1-29(2,3)23-18-24(31(33,34)41(37,38)39)26(32)25(30(4,5)6)22(23)17-21(19-13-9-7-10-14-19)27-35-28(40-36-27)20-15-11-8-12-16-20/h7-16,18,21H,17H2,1-6H3,(H2,37,38,39). The van der Waals surface area contributed by atoms with Crippen molar-refractivity contribution in [1.82, 2.24) is 10.1 Å². The molecular formula is C31H34BrF2N2O4P. The average Bonchev–Trinajstić information content (AvgIpc) is 3.36. The molecule has 0 amide bonds. The number of hydrogen-bond acceptors (Lipinski definition) is 4. The summed E-state index contributed by atoms with van der Waals surface area (Å²) in [6.45, 7) is 11.4. The van der Waals surface area contributed by atoms with E-state index in [1.807, 2.05) is 102 Å². The molecule has 6 nitrogen and oxygen atoms in total. The molecule has 4 rings (SSSR count). The van der Waals surface area contributed by atoms with E-state index in [4.69, 9.17) is 9.51 Å². The zero-order valence-electron chi connectivity index (χ0n) is 23.8. The summed E-state index contributed by atoms with van der Waals surface area (Å²) in [5.41, 5.74) is -2.88. The second kappa shape index (κ2) is 11.2. The highest BCUT2D eigenvalue weighted by Gasteiger charge is 2.53. The van der Waals surface area contributed by atoms with E-state index in [-0.39, 0.29) is 4.47 Å². The highest BCUT2D eigenvalue weighted by molar-refractivity contribution is 9.10. The van der Waals surface area contributed by atoms with Crippen molar-refractivity contribution in [3.8, 4) is 11.5 Å². The predicted octanol–water partition coefficient (Wildman–Crippen LogP) is 8.70. The van der Waals surface area contributed by atoms with Crippen LogP contribution in [0.25, 0.3) is 11.5 Å². The Morgan fingerprint density at radius 1 is 0.902 bits per heavy atom. The Hall–Kier alpha value is -2.71. The Morgan fingerprint density at radius 2 is 1.46 bits per heavy atom. The van der Waals surface area contributed by atoms with Crippen molar-refractivity contribution in [2.24, 2.45) is 0 Å². The highest BCUT2D eigenvalue weighted by Crippen LogP contribution is 2.62. The van der Waals surface area contributed by atoms with Gasteiger partial charge in [-0.15, -0.1) is 0 Å². The maximum absolute atomic E-state index is 15.3. The third kappa shape index (κ3) is 6.38. The Kier molecular flexibility index (Phi) is 8.51. The Morgan fingerprint density at radius 3 is 1.98 bits per heavy atom. The average molecular weight is 647 g/mol. The number of hydrogen-bond donors (Lipinski definition) is 2. The first-order valence-electron chi connectivity index (χ1n) is 13.2. The molecule has 4 aromatic rings. The summed E-state index contributed by atoms with van der Waals surface area (Å²) < 4.78 is 48.3. The zero-order valence-corrected chi connectivity index (χ0v) is 26.3. The molecule has 218 valence electrons. The molecule has 0 radical (unpaired) electrons. The molecule has 0 aliphatic rings. The van der Waals surface area contributed by atoms with Crippen molar-refractivity contribution in [3.05, 3.63) is 105 Å². The van der Waals surface area contributed by atoms with Crippen LogP contribution in [0.4, 0.5) is 8.78 Å². The van der Waals surface area contributed by atoms with Gasteiger partial charge in [0, 0.05) is 15.6 Å². The van der Waals surface area contributed by atoms with E-state index in [1.54, 1.807) is 0 Å². The van der Waals surface area contributed by atoms with Gasteiger partial charge in [-0.3, -0.25) is 4.57 Å². The van der Waals surface area contributed by atoms with E-state index < -0.39 is 35.6 Å². The van der Waals surface area contributed by atoms with Crippen molar-refractivity contribution < 1.29 is 27.7 Å². The zero-order chi connectivity index (χ0) is 30.4. The molecule has 1 atom stereocenters. The number of nitrogens with zero attached hydrogens (tertiary/aromatic N) is 2. The van der Waals surface area contributed by atoms with Crippen molar-refractivity contribution in [1.29, 1.82) is 0 Å². The lowest BCUT2D eigenvalue weighted by Crippen LogP contribution is -2.27. The summed E-state index contributed by atoms with van der Waals surface area (Å²) in [6, 6.07) is 20.3. The molecule has 0 fully saturated rings. The lowest BCUT2D eigenvalue weighted by molar-refractivity contribution is 0.0554. The van der Waals surface area contributed by atoms with Gasteiger partial charge in [-0.05, 0) is 73.6 Å². The van der Waals surface area contributed by atoms with Crippen LogP contribution < -0.4 is 0 Å². The smallest absolute Gasteiger partial charge is 0.334 e. The van der Waals surface area contributed by atoms with Crippen molar-refractivity contribution in [2.45, 2.75) is 70.4 Å². The van der Waals surface area contributed by atoms with Crippen molar-refractivity contribution in [2.75, 3.05) is 0 Å². The molecule has 10 heteroatoms. The molecule has 0 spiro atoms. The van der Waals surface area contributed by atoms with E-state index in [0.29, 0.717) is 29.3 Å². The first-order valence-corrected chi connectivity index (χ1v) is 15.6. The van der Waals surface area contributed by atoms with Crippen LogP contribution in [0.15, 0.2) is 75.7 Å². The Balaban J connectivity index is 2.00. The number of alkyl halides is 2. The topological polar surface area (TPSA) is 96.5 Å². The summed E-state index contributed by atoms with van der Waals surface area (Å²) in [7, 11) is -5.82. The highest BCUT2D eigenvalue weighted by atomic mass is 79.9. The number of benzene rings is 3. The minimum absolute atomic E-state index is 0.0220. The van der Waals surface area contributed by atoms with Gasteiger partial charge in [0.15, 0.2) is 5.82 Å². The first-order chi connectivity index (χ1) is 18.9. The molecule has 3 aromatic carbocycles. The molecule has 1 unspecified atom stereocenters. The van der Waals surface area contributed by atoms with Crippen LogP contribution in [0, 0.1) is 0 Å². The lowest BCUT2D eigenvalue weighted by atomic mass is 9.72. The van der Waals surface area contributed by atoms with Gasteiger partial charge in [0.2, 0.25) is 0 Å². The molecule has 0 aliphatic carbocycles. The minimum atomic E-state index is -5.82. The lowest BCUT2D eigenvalue weighted by Gasteiger charge is -2.35. The monoisotopic (exact) mass is 646 g/mol. The number of aromatic nitrogens is 2. The Labute approximate surface area is 247 Å². The molecule has 0 aliphatic heterocycles. The van der Waals surface area contributed by atoms with Gasteiger partial charge >= 0.3 is 13.3 Å². The molecule has 41 heavy (non-hydrogen) atoms. The normalized spacial score (nSPS) is 13.8. The third-order valence-corrected chi connectivity index (χ3v) is 8.80. The Bertz CT molecular complexity index is 1570. The molecule has 0 bridgehead atoms. The van der Waals surface area contributed by atoms with Crippen molar-refractivity contribution >= 4 is 23.5 Å². The quantitative estimate of drug-likeness (QED) is 0.195. The van der Waals surface area contributed by atoms with Crippen molar-refractivity contribution in [3.63, 3.8) is 0 Å². The predicted molar refractivity (Wildman–Crippen MR) is 159 cm³/mol. The SMILES string of the molecule is CC(C)(C)c1cc(C(F)(F)P(=O)(O)O)c(Br)c(C(C)(C)C)c1CC(c1ccccc1)c1noc(-c2ccccc2)n1. The third-order valence-electron chi connectivity index (χ3n) is 7.00. The molecular weight excluding hydrogens is 613 g/mol. The summed E-state index contributed by atoms with van der Waals surface area (Å²) in [5, 5.41) is 4.34. The van der Waals surface area contributed by atoms with Gasteiger partial charge in [-0.25, -0.2) is 0 Å². The number of halogens is 3. The fourth-order valence-electron chi connectivity index (χ4n) is 5.06. The van der Waals surface area contributed by atoms with Gasteiger partial charge in [0.25, 0.3) is 5.89 Å². The molecule has 0 saturated heterocycles. The van der Waals surface area contributed by atoms with Gasteiger partial charge in [0.05, 0.1) is 5.92 Å². The van der Waals surface area contributed by atoms with E-state index in [9.17, 15) is 14.4 Å². The van der Waals surface area contributed by atoms with Gasteiger partial charge < -0.3 is 14.3 Å². The van der Waals surface area contributed by atoms with Gasteiger partial charge in [-0.2, -0.15) is 13.8 Å². The van der Waals surface area contributed by atoms with Gasteiger partial charge in [-0.1, -0.05) is 95.2 Å². The molecule has 1 aromatic heterocycles. The van der Waals surface area contributed by atoms with E-state index in [1.165, 1.54) is 6.07 Å². The van der Waals surface area contributed by atoms with Crippen LogP contribution in [-0.4, -0.2) is 19.9 Å². The van der Waals surface area contributed by atoms with E-state index in [0.717, 1.165) is 16.7 Å². The molecule has 1 heterocycles. The second-order valence-electron chi connectivity index (χ2n) is 12.2. The van der Waals surface area contributed by atoms with Gasteiger partial charge in [0.1, 0.15) is 0 Å². The molecule has 2 N–H and O–H groups in total. The van der Waals surface area contributed by atoms with E-state index >= 15 is 8.78 Å². The second-order valence-corrected chi connectivity index (χ2v) is 14.7.